The Kier molecular flexibility index (Phi) is 2.40. The molecule has 2 unspecified atom stereocenters. The molecule has 0 amide bonds. The summed E-state index contributed by atoms with van der Waals surface area (Å²) < 4.78 is 5.52. The number of methoxy groups -OCH3 is 1. The van der Waals surface area contributed by atoms with Crippen LogP contribution in [-0.4, -0.2) is 20.2 Å². The van der Waals surface area contributed by atoms with Gasteiger partial charge in [-0.25, -0.2) is 0 Å². The first-order valence-electron chi connectivity index (χ1n) is 6.18. The minimum atomic E-state index is 0.343. The van der Waals surface area contributed by atoms with Crippen LogP contribution in [0, 0.1) is 5.92 Å². The molecule has 2 heteroatoms. The molecule has 16 heavy (non-hydrogen) atoms. The third-order valence-corrected chi connectivity index (χ3v) is 4.29. The molecule has 1 N–H and O–H groups in total. The summed E-state index contributed by atoms with van der Waals surface area (Å²) in [6.07, 6.45) is 4.01. The maximum Gasteiger partial charge on any atom is 0.122 e. The van der Waals surface area contributed by atoms with Gasteiger partial charge < -0.3 is 10.1 Å². The summed E-state index contributed by atoms with van der Waals surface area (Å²) in [5, 5.41) is 3.58. The predicted molar refractivity (Wildman–Crippen MR) is 64.9 cm³/mol. The molecule has 86 valence electrons. The zero-order chi connectivity index (χ0) is 11.0. The highest BCUT2D eigenvalue weighted by Crippen LogP contribution is 2.48. The summed E-state index contributed by atoms with van der Waals surface area (Å²) in [4.78, 5) is 0. The molecule has 1 aromatic carbocycles. The van der Waals surface area contributed by atoms with Crippen LogP contribution in [0.25, 0.3) is 0 Å². The van der Waals surface area contributed by atoms with Crippen molar-refractivity contribution >= 4 is 0 Å². The van der Waals surface area contributed by atoms with Crippen molar-refractivity contribution in [1.82, 2.24) is 5.32 Å². The molecule has 2 bridgehead atoms. The van der Waals surface area contributed by atoms with E-state index in [2.05, 4.69) is 29.6 Å². The van der Waals surface area contributed by atoms with Crippen LogP contribution >= 0.6 is 0 Å². The number of ether oxygens (including phenoxy) is 1. The van der Waals surface area contributed by atoms with E-state index in [1.165, 1.54) is 31.4 Å². The van der Waals surface area contributed by atoms with Crippen LogP contribution in [0.15, 0.2) is 24.3 Å². The van der Waals surface area contributed by atoms with Gasteiger partial charge >= 0.3 is 0 Å². The van der Waals surface area contributed by atoms with Crippen molar-refractivity contribution in [3.05, 3.63) is 29.8 Å². The maximum absolute atomic E-state index is 5.52. The summed E-state index contributed by atoms with van der Waals surface area (Å²) in [6.45, 7) is 2.32. The number of rotatable bonds is 2. The zero-order valence-corrected chi connectivity index (χ0v) is 9.83. The van der Waals surface area contributed by atoms with Gasteiger partial charge in [-0.2, -0.15) is 0 Å². The molecule has 0 aromatic heterocycles. The van der Waals surface area contributed by atoms with Crippen molar-refractivity contribution in [2.75, 3.05) is 20.2 Å². The summed E-state index contributed by atoms with van der Waals surface area (Å²) in [5.41, 5.74) is 1.75. The van der Waals surface area contributed by atoms with Gasteiger partial charge in [0.15, 0.2) is 0 Å². The molecule has 2 fully saturated rings. The lowest BCUT2D eigenvalue weighted by molar-refractivity contribution is 0.312. The first kappa shape index (κ1) is 10.2. The lowest BCUT2D eigenvalue weighted by Crippen LogP contribution is -2.42. The molecule has 1 aliphatic carbocycles. The SMILES string of the molecule is COc1ccccc1C12CCC(CNC1)C2. The van der Waals surface area contributed by atoms with E-state index in [1.807, 2.05) is 0 Å². The second-order valence-corrected chi connectivity index (χ2v) is 5.22. The quantitative estimate of drug-likeness (QED) is 0.821. The normalized spacial score (nSPS) is 32.7. The Bertz CT molecular complexity index is 386. The average molecular weight is 217 g/mol. The zero-order valence-electron chi connectivity index (χ0n) is 9.83. The highest BCUT2D eigenvalue weighted by Gasteiger charge is 2.44. The highest BCUT2D eigenvalue weighted by atomic mass is 16.5. The minimum absolute atomic E-state index is 0.343. The van der Waals surface area contributed by atoms with Crippen molar-refractivity contribution in [3.8, 4) is 5.75 Å². The van der Waals surface area contributed by atoms with Crippen molar-refractivity contribution in [3.63, 3.8) is 0 Å². The molecule has 1 saturated carbocycles. The molecular formula is C14H19NO. The molecule has 2 aliphatic rings. The van der Waals surface area contributed by atoms with Gasteiger partial charge in [-0.3, -0.25) is 0 Å². The monoisotopic (exact) mass is 217 g/mol. The molecule has 0 spiro atoms. The average Bonchev–Trinajstić information content (AvgIpc) is 2.66. The van der Waals surface area contributed by atoms with Gasteiger partial charge in [0.2, 0.25) is 0 Å². The molecular weight excluding hydrogens is 198 g/mol. The van der Waals surface area contributed by atoms with Gasteiger partial charge in [-0.15, -0.1) is 0 Å². The van der Waals surface area contributed by atoms with Crippen LogP contribution in [0.2, 0.25) is 0 Å². The van der Waals surface area contributed by atoms with Crippen molar-refractivity contribution in [2.45, 2.75) is 24.7 Å². The van der Waals surface area contributed by atoms with E-state index in [1.54, 1.807) is 7.11 Å². The number of para-hydroxylation sites is 1. The number of piperidine rings is 1. The van der Waals surface area contributed by atoms with E-state index >= 15 is 0 Å². The second-order valence-electron chi connectivity index (χ2n) is 5.22. The third kappa shape index (κ3) is 1.44. The lowest BCUT2D eigenvalue weighted by atomic mass is 9.76. The fraction of sp³-hybridized carbons (Fsp3) is 0.571. The lowest BCUT2D eigenvalue weighted by Gasteiger charge is -2.35. The molecule has 0 radical (unpaired) electrons. The van der Waals surface area contributed by atoms with Crippen LogP contribution in [0.3, 0.4) is 0 Å². The van der Waals surface area contributed by atoms with E-state index in [0.29, 0.717) is 5.41 Å². The molecule has 2 nitrogen and oxygen atoms in total. The Hall–Kier alpha value is -1.02. The van der Waals surface area contributed by atoms with E-state index in [9.17, 15) is 0 Å². The number of nitrogens with one attached hydrogen (secondary N) is 1. The molecule has 3 rings (SSSR count). The van der Waals surface area contributed by atoms with E-state index in [0.717, 1.165) is 18.2 Å². The Morgan fingerprint density at radius 3 is 3.12 bits per heavy atom. The smallest absolute Gasteiger partial charge is 0.122 e. The summed E-state index contributed by atoms with van der Waals surface area (Å²) >= 11 is 0. The molecule has 2 atom stereocenters. The molecule has 1 aromatic rings. The summed E-state index contributed by atoms with van der Waals surface area (Å²) in [6, 6.07) is 8.52. The Balaban J connectivity index is 2.02. The van der Waals surface area contributed by atoms with Gasteiger partial charge in [-0.1, -0.05) is 18.2 Å². The molecule has 1 aliphatic heterocycles. The van der Waals surface area contributed by atoms with Gasteiger partial charge in [0.1, 0.15) is 5.75 Å². The van der Waals surface area contributed by atoms with Gasteiger partial charge in [0.05, 0.1) is 7.11 Å². The largest absolute Gasteiger partial charge is 0.496 e. The van der Waals surface area contributed by atoms with Crippen LogP contribution in [-0.2, 0) is 5.41 Å². The van der Waals surface area contributed by atoms with Crippen LogP contribution < -0.4 is 10.1 Å². The predicted octanol–water partition coefficient (Wildman–Crippen LogP) is 2.34. The van der Waals surface area contributed by atoms with Gasteiger partial charge in [0, 0.05) is 17.5 Å². The molecule has 1 saturated heterocycles. The first-order chi connectivity index (χ1) is 7.84. The van der Waals surface area contributed by atoms with Crippen LogP contribution in [0.5, 0.6) is 5.75 Å². The van der Waals surface area contributed by atoms with Crippen molar-refractivity contribution in [1.29, 1.82) is 0 Å². The van der Waals surface area contributed by atoms with E-state index in [-0.39, 0.29) is 0 Å². The van der Waals surface area contributed by atoms with Crippen LogP contribution in [0.1, 0.15) is 24.8 Å². The maximum atomic E-state index is 5.52. The van der Waals surface area contributed by atoms with E-state index < -0.39 is 0 Å². The third-order valence-electron chi connectivity index (χ3n) is 4.29. The van der Waals surface area contributed by atoms with Gasteiger partial charge in [0.25, 0.3) is 0 Å². The fourth-order valence-electron chi connectivity index (χ4n) is 3.51. The summed E-state index contributed by atoms with van der Waals surface area (Å²) in [7, 11) is 1.78. The Morgan fingerprint density at radius 1 is 1.38 bits per heavy atom. The van der Waals surface area contributed by atoms with Crippen molar-refractivity contribution in [2.24, 2.45) is 5.92 Å². The summed E-state index contributed by atoms with van der Waals surface area (Å²) in [5.74, 6) is 1.94. The molecule has 1 heterocycles. The Morgan fingerprint density at radius 2 is 2.25 bits per heavy atom. The highest BCUT2D eigenvalue weighted by molar-refractivity contribution is 5.41. The number of fused-ring (bicyclic) bond motifs is 2. The topological polar surface area (TPSA) is 21.3 Å². The standard InChI is InChI=1S/C14H19NO/c1-16-13-5-3-2-4-12(13)14-7-6-11(8-14)9-15-10-14/h2-5,11,15H,6-10H2,1H3. The second kappa shape index (κ2) is 3.77. The van der Waals surface area contributed by atoms with Crippen molar-refractivity contribution < 1.29 is 4.74 Å². The fourth-order valence-corrected chi connectivity index (χ4v) is 3.51. The first-order valence-corrected chi connectivity index (χ1v) is 6.18. The minimum Gasteiger partial charge on any atom is -0.496 e. The van der Waals surface area contributed by atoms with Gasteiger partial charge in [-0.05, 0) is 37.8 Å². The Labute approximate surface area is 97.0 Å². The number of hydrogen-bond donors (Lipinski definition) is 1. The van der Waals surface area contributed by atoms with E-state index in [4.69, 9.17) is 4.74 Å². The number of benzene rings is 1. The number of hydrogen-bond acceptors (Lipinski definition) is 2. The van der Waals surface area contributed by atoms with Crippen LogP contribution in [0.4, 0.5) is 0 Å².